The average Bonchev–Trinajstić information content (AvgIpc) is 2.50. The fourth-order valence-corrected chi connectivity index (χ4v) is 2.39. The summed E-state index contributed by atoms with van der Waals surface area (Å²) in [7, 11) is 0. The van der Waals surface area contributed by atoms with Gasteiger partial charge in [0.05, 0.1) is 5.41 Å². The first-order valence-corrected chi connectivity index (χ1v) is 5.63. The minimum atomic E-state index is -1.11. The van der Waals surface area contributed by atoms with Gasteiger partial charge in [-0.25, -0.2) is 0 Å². The van der Waals surface area contributed by atoms with E-state index in [1.165, 1.54) is 0 Å². The number of primary amides is 1. The fraction of sp³-hybridized carbons (Fsp3) is 0.308. The Labute approximate surface area is 104 Å². The number of rotatable bonds is 3. The number of nitrogens with one attached hydrogen (secondary N) is 1. The molecular formula is C13H14N2O3. The van der Waals surface area contributed by atoms with Crippen LogP contribution in [0.2, 0.25) is 0 Å². The SMILES string of the molecule is CC1(Cc2ccccc2)C(=O)NC(=O)C1C(N)=O. The normalized spacial score (nSPS) is 27.1. The zero-order chi connectivity index (χ0) is 13.3. The van der Waals surface area contributed by atoms with E-state index in [-0.39, 0.29) is 0 Å². The van der Waals surface area contributed by atoms with Crippen molar-refractivity contribution >= 4 is 17.7 Å². The summed E-state index contributed by atoms with van der Waals surface area (Å²) in [6.07, 6.45) is 0.305. The molecule has 3 amide bonds. The number of amides is 3. The molecule has 1 fully saturated rings. The zero-order valence-corrected chi connectivity index (χ0v) is 9.97. The van der Waals surface area contributed by atoms with Gasteiger partial charge in [-0.15, -0.1) is 0 Å². The van der Waals surface area contributed by atoms with Crippen molar-refractivity contribution in [2.75, 3.05) is 0 Å². The van der Waals surface area contributed by atoms with Gasteiger partial charge >= 0.3 is 0 Å². The van der Waals surface area contributed by atoms with Gasteiger partial charge in [0, 0.05) is 0 Å². The molecule has 18 heavy (non-hydrogen) atoms. The molecule has 1 saturated heterocycles. The molecule has 1 aliphatic rings. The predicted octanol–water partition coefficient (Wildman–Crippen LogP) is -0.00670. The summed E-state index contributed by atoms with van der Waals surface area (Å²) in [5, 5.41) is 2.18. The standard InChI is InChI=1S/C13H14N2O3/c1-13(7-8-5-3-2-4-6-8)9(10(14)16)11(17)15-12(13)18/h2-6,9H,7H2,1H3,(H2,14,16)(H,15,17,18). The number of nitrogens with two attached hydrogens (primary N) is 1. The third kappa shape index (κ3) is 1.88. The van der Waals surface area contributed by atoms with E-state index in [9.17, 15) is 14.4 Å². The van der Waals surface area contributed by atoms with Crippen LogP contribution >= 0.6 is 0 Å². The number of hydrogen-bond acceptors (Lipinski definition) is 3. The lowest BCUT2D eigenvalue weighted by Gasteiger charge is -2.24. The van der Waals surface area contributed by atoms with Crippen LogP contribution < -0.4 is 11.1 Å². The number of imide groups is 1. The Kier molecular flexibility index (Phi) is 2.90. The van der Waals surface area contributed by atoms with Gasteiger partial charge in [0.25, 0.3) is 0 Å². The maximum atomic E-state index is 11.9. The minimum Gasteiger partial charge on any atom is -0.369 e. The van der Waals surface area contributed by atoms with Crippen molar-refractivity contribution < 1.29 is 14.4 Å². The highest BCUT2D eigenvalue weighted by Gasteiger charge is 2.54. The van der Waals surface area contributed by atoms with Crippen LogP contribution in [0.15, 0.2) is 30.3 Å². The molecule has 0 saturated carbocycles. The molecule has 2 atom stereocenters. The monoisotopic (exact) mass is 246 g/mol. The van der Waals surface area contributed by atoms with E-state index in [4.69, 9.17) is 5.73 Å². The topological polar surface area (TPSA) is 89.3 Å². The zero-order valence-electron chi connectivity index (χ0n) is 9.97. The highest BCUT2D eigenvalue weighted by atomic mass is 16.2. The van der Waals surface area contributed by atoms with Gasteiger partial charge < -0.3 is 5.73 Å². The average molecular weight is 246 g/mol. The van der Waals surface area contributed by atoms with Crippen LogP contribution in [-0.2, 0) is 20.8 Å². The molecule has 5 nitrogen and oxygen atoms in total. The molecule has 0 radical (unpaired) electrons. The van der Waals surface area contributed by atoms with Gasteiger partial charge in [0.15, 0.2) is 0 Å². The highest BCUT2D eigenvalue weighted by Crippen LogP contribution is 2.36. The maximum Gasteiger partial charge on any atom is 0.240 e. The van der Waals surface area contributed by atoms with Crippen molar-refractivity contribution in [3.63, 3.8) is 0 Å². The summed E-state index contributed by atoms with van der Waals surface area (Å²) in [6, 6.07) is 9.23. The molecule has 1 aromatic rings. The van der Waals surface area contributed by atoms with Crippen molar-refractivity contribution in [1.82, 2.24) is 5.32 Å². The van der Waals surface area contributed by atoms with Crippen molar-refractivity contribution in [2.24, 2.45) is 17.1 Å². The summed E-state index contributed by atoms with van der Waals surface area (Å²) in [5.74, 6) is -2.92. The molecule has 2 unspecified atom stereocenters. The highest BCUT2D eigenvalue weighted by molar-refractivity contribution is 6.16. The molecule has 1 heterocycles. The van der Waals surface area contributed by atoms with E-state index < -0.39 is 29.1 Å². The molecule has 1 aromatic carbocycles. The van der Waals surface area contributed by atoms with Crippen LogP contribution in [0.4, 0.5) is 0 Å². The van der Waals surface area contributed by atoms with Crippen molar-refractivity contribution in [3.8, 4) is 0 Å². The second kappa shape index (κ2) is 4.25. The Morgan fingerprint density at radius 1 is 1.33 bits per heavy atom. The molecule has 0 spiro atoms. The Bertz CT molecular complexity index is 512. The maximum absolute atomic E-state index is 11.9. The molecule has 0 aromatic heterocycles. The molecule has 94 valence electrons. The predicted molar refractivity (Wildman–Crippen MR) is 64.1 cm³/mol. The molecule has 0 bridgehead atoms. The lowest BCUT2D eigenvalue weighted by Crippen LogP contribution is -2.41. The first-order valence-electron chi connectivity index (χ1n) is 5.63. The summed E-state index contributed by atoms with van der Waals surface area (Å²) in [4.78, 5) is 34.9. The minimum absolute atomic E-state index is 0.305. The molecule has 1 aliphatic heterocycles. The van der Waals surface area contributed by atoms with E-state index in [0.717, 1.165) is 5.56 Å². The Morgan fingerprint density at radius 3 is 2.50 bits per heavy atom. The van der Waals surface area contributed by atoms with E-state index in [1.807, 2.05) is 30.3 Å². The second-order valence-electron chi connectivity index (χ2n) is 4.73. The lowest BCUT2D eigenvalue weighted by atomic mass is 9.74. The Hall–Kier alpha value is -2.17. The van der Waals surface area contributed by atoms with Gasteiger partial charge in [-0.1, -0.05) is 30.3 Å². The first-order chi connectivity index (χ1) is 8.45. The molecule has 5 heteroatoms. The summed E-state index contributed by atoms with van der Waals surface area (Å²) in [6.45, 7) is 1.59. The first kappa shape index (κ1) is 12.3. The van der Waals surface area contributed by atoms with Crippen molar-refractivity contribution in [2.45, 2.75) is 13.3 Å². The van der Waals surface area contributed by atoms with Crippen LogP contribution in [0.25, 0.3) is 0 Å². The fourth-order valence-electron chi connectivity index (χ4n) is 2.39. The van der Waals surface area contributed by atoms with Gasteiger partial charge in [0.2, 0.25) is 17.7 Å². The second-order valence-corrected chi connectivity index (χ2v) is 4.73. The van der Waals surface area contributed by atoms with E-state index in [1.54, 1.807) is 6.92 Å². The lowest BCUT2D eigenvalue weighted by molar-refractivity contribution is -0.136. The van der Waals surface area contributed by atoms with E-state index in [0.29, 0.717) is 6.42 Å². The van der Waals surface area contributed by atoms with Crippen LogP contribution in [0, 0.1) is 11.3 Å². The van der Waals surface area contributed by atoms with Crippen LogP contribution in [0.3, 0.4) is 0 Å². The Morgan fingerprint density at radius 2 is 1.94 bits per heavy atom. The Balaban J connectivity index is 2.35. The smallest absolute Gasteiger partial charge is 0.240 e. The molecule has 3 N–H and O–H groups in total. The van der Waals surface area contributed by atoms with E-state index in [2.05, 4.69) is 5.32 Å². The van der Waals surface area contributed by atoms with Gasteiger partial charge in [-0.2, -0.15) is 0 Å². The van der Waals surface area contributed by atoms with Crippen LogP contribution in [0.5, 0.6) is 0 Å². The van der Waals surface area contributed by atoms with E-state index >= 15 is 0 Å². The van der Waals surface area contributed by atoms with Crippen molar-refractivity contribution in [3.05, 3.63) is 35.9 Å². The van der Waals surface area contributed by atoms with Crippen molar-refractivity contribution in [1.29, 1.82) is 0 Å². The number of carbonyl (C=O) groups excluding carboxylic acids is 3. The third-order valence-corrected chi connectivity index (χ3v) is 3.35. The molecule has 2 rings (SSSR count). The summed E-state index contributed by atoms with van der Waals surface area (Å²) < 4.78 is 0. The number of hydrogen-bond donors (Lipinski definition) is 2. The van der Waals surface area contributed by atoms with Gasteiger partial charge in [-0.05, 0) is 18.9 Å². The van der Waals surface area contributed by atoms with Gasteiger partial charge in [0.1, 0.15) is 5.92 Å². The third-order valence-electron chi connectivity index (χ3n) is 3.35. The van der Waals surface area contributed by atoms with Crippen LogP contribution in [0.1, 0.15) is 12.5 Å². The number of benzene rings is 1. The van der Waals surface area contributed by atoms with Crippen LogP contribution in [-0.4, -0.2) is 17.7 Å². The molecule has 0 aliphatic carbocycles. The summed E-state index contributed by atoms with van der Waals surface area (Å²) in [5.41, 5.74) is 5.01. The van der Waals surface area contributed by atoms with Gasteiger partial charge in [-0.3, -0.25) is 19.7 Å². The quantitative estimate of drug-likeness (QED) is 0.580. The number of carbonyl (C=O) groups is 3. The molecular weight excluding hydrogens is 232 g/mol. The summed E-state index contributed by atoms with van der Waals surface area (Å²) >= 11 is 0. The largest absolute Gasteiger partial charge is 0.369 e.